The lowest BCUT2D eigenvalue weighted by Gasteiger charge is -2.31. The van der Waals surface area contributed by atoms with Crippen LogP contribution in [-0.4, -0.2) is 49.6 Å². The summed E-state index contributed by atoms with van der Waals surface area (Å²) in [5, 5.41) is 6.18. The van der Waals surface area contributed by atoms with E-state index < -0.39 is 0 Å². The summed E-state index contributed by atoms with van der Waals surface area (Å²) in [6, 6.07) is -0.0167. The molecule has 0 bridgehead atoms. The summed E-state index contributed by atoms with van der Waals surface area (Å²) in [6.07, 6.45) is 2.65. The third kappa shape index (κ3) is 4.01. The van der Waals surface area contributed by atoms with Gasteiger partial charge in [-0.1, -0.05) is 6.08 Å². The fraction of sp³-hybridized carbons (Fsp3) is 0.727. The molecule has 4 heteroatoms. The molecule has 0 aromatic heterocycles. The lowest BCUT2D eigenvalue weighted by molar-refractivity contribution is -0.126. The summed E-state index contributed by atoms with van der Waals surface area (Å²) in [5.41, 5.74) is 0. The Morgan fingerprint density at radius 3 is 2.87 bits per heavy atom. The Morgan fingerprint density at radius 1 is 1.60 bits per heavy atom. The predicted molar refractivity (Wildman–Crippen MR) is 61.7 cm³/mol. The molecule has 0 radical (unpaired) electrons. The van der Waals surface area contributed by atoms with Gasteiger partial charge in [0.15, 0.2) is 0 Å². The van der Waals surface area contributed by atoms with E-state index in [1.165, 1.54) is 0 Å². The van der Waals surface area contributed by atoms with Crippen LogP contribution in [-0.2, 0) is 4.79 Å². The Labute approximate surface area is 91.7 Å². The van der Waals surface area contributed by atoms with Crippen molar-refractivity contribution in [2.24, 2.45) is 0 Å². The van der Waals surface area contributed by atoms with E-state index in [1.807, 2.05) is 13.0 Å². The molecule has 15 heavy (non-hydrogen) atoms. The Bertz CT molecular complexity index is 212. The lowest BCUT2D eigenvalue weighted by Crippen LogP contribution is -2.52. The van der Waals surface area contributed by atoms with Crippen LogP contribution in [0.5, 0.6) is 0 Å². The van der Waals surface area contributed by atoms with Crippen molar-refractivity contribution in [1.29, 1.82) is 0 Å². The SMILES string of the molecule is C=CCCNC(=O)C(C)N1CCNCC1. The number of carbonyl (C=O) groups is 1. The number of nitrogens with one attached hydrogen (secondary N) is 2. The van der Waals surface area contributed by atoms with Crippen molar-refractivity contribution >= 4 is 5.91 Å². The van der Waals surface area contributed by atoms with E-state index in [4.69, 9.17) is 0 Å². The summed E-state index contributed by atoms with van der Waals surface area (Å²) in [5.74, 6) is 0.124. The van der Waals surface area contributed by atoms with Gasteiger partial charge in [-0.05, 0) is 13.3 Å². The minimum Gasteiger partial charge on any atom is -0.354 e. The molecule has 2 N–H and O–H groups in total. The molecule has 86 valence electrons. The van der Waals surface area contributed by atoms with Gasteiger partial charge in [0.05, 0.1) is 6.04 Å². The van der Waals surface area contributed by atoms with Gasteiger partial charge in [0, 0.05) is 32.7 Å². The summed E-state index contributed by atoms with van der Waals surface area (Å²) >= 11 is 0. The van der Waals surface area contributed by atoms with Crippen molar-refractivity contribution in [1.82, 2.24) is 15.5 Å². The van der Waals surface area contributed by atoms with Crippen molar-refractivity contribution in [2.75, 3.05) is 32.7 Å². The van der Waals surface area contributed by atoms with E-state index in [0.29, 0.717) is 6.54 Å². The molecule has 1 rings (SSSR count). The third-order valence-electron chi connectivity index (χ3n) is 2.73. The van der Waals surface area contributed by atoms with Crippen molar-refractivity contribution in [3.8, 4) is 0 Å². The van der Waals surface area contributed by atoms with Gasteiger partial charge < -0.3 is 10.6 Å². The maximum atomic E-state index is 11.7. The number of rotatable bonds is 5. The Kier molecular flexibility index (Phi) is 5.36. The molecule has 4 nitrogen and oxygen atoms in total. The number of carbonyl (C=O) groups excluding carboxylic acids is 1. The maximum absolute atomic E-state index is 11.7. The fourth-order valence-electron chi connectivity index (χ4n) is 1.68. The first-order valence-electron chi connectivity index (χ1n) is 5.59. The molecule has 1 atom stereocenters. The highest BCUT2D eigenvalue weighted by Gasteiger charge is 2.21. The van der Waals surface area contributed by atoms with Crippen molar-refractivity contribution in [3.05, 3.63) is 12.7 Å². The highest BCUT2D eigenvalue weighted by molar-refractivity contribution is 5.81. The molecule has 0 saturated carbocycles. The van der Waals surface area contributed by atoms with Crippen LogP contribution >= 0.6 is 0 Å². The first kappa shape index (κ1) is 12.2. The summed E-state index contributed by atoms with van der Waals surface area (Å²) < 4.78 is 0. The topological polar surface area (TPSA) is 44.4 Å². The van der Waals surface area contributed by atoms with Crippen LogP contribution in [0.25, 0.3) is 0 Å². The monoisotopic (exact) mass is 211 g/mol. The first-order chi connectivity index (χ1) is 7.25. The van der Waals surface area contributed by atoms with Crippen molar-refractivity contribution in [2.45, 2.75) is 19.4 Å². The molecule has 1 aliphatic rings. The standard InChI is InChI=1S/C11H21N3O/c1-3-4-5-13-11(15)10(2)14-8-6-12-7-9-14/h3,10,12H,1,4-9H2,2H3,(H,13,15). The van der Waals surface area contributed by atoms with Crippen LogP contribution in [0, 0.1) is 0 Å². The Hall–Kier alpha value is -0.870. The van der Waals surface area contributed by atoms with Crippen molar-refractivity contribution < 1.29 is 4.79 Å². The fourth-order valence-corrected chi connectivity index (χ4v) is 1.68. The molecule has 0 aromatic carbocycles. The van der Waals surface area contributed by atoms with Crippen LogP contribution in [0.3, 0.4) is 0 Å². The number of amides is 1. The molecule has 1 unspecified atom stereocenters. The van der Waals surface area contributed by atoms with E-state index in [0.717, 1.165) is 32.6 Å². The molecule has 0 aliphatic carbocycles. The van der Waals surface area contributed by atoms with E-state index in [1.54, 1.807) is 0 Å². The summed E-state index contributed by atoms with van der Waals surface area (Å²) in [7, 11) is 0. The molecule has 1 heterocycles. The molecular formula is C11H21N3O. The second kappa shape index (κ2) is 6.58. The van der Waals surface area contributed by atoms with Gasteiger partial charge in [0.2, 0.25) is 5.91 Å². The minimum atomic E-state index is -0.0167. The molecule has 0 aromatic rings. The van der Waals surface area contributed by atoms with Crippen LogP contribution in [0.4, 0.5) is 0 Å². The average molecular weight is 211 g/mol. The molecule has 0 spiro atoms. The van der Waals surface area contributed by atoms with Gasteiger partial charge in [0.25, 0.3) is 0 Å². The largest absolute Gasteiger partial charge is 0.354 e. The van der Waals surface area contributed by atoms with Gasteiger partial charge in [-0.25, -0.2) is 0 Å². The number of hydrogen-bond acceptors (Lipinski definition) is 3. The normalized spacial score (nSPS) is 19.5. The van der Waals surface area contributed by atoms with Gasteiger partial charge in [-0.15, -0.1) is 6.58 Å². The average Bonchev–Trinajstić information content (AvgIpc) is 2.29. The third-order valence-corrected chi connectivity index (χ3v) is 2.73. The zero-order valence-electron chi connectivity index (χ0n) is 9.46. The van der Waals surface area contributed by atoms with E-state index in [9.17, 15) is 4.79 Å². The van der Waals surface area contributed by atoms with E-state index >= 15 is 0 Å². The number of nitrogens with zero attached hydrogens (tertiary/aromatic N) is 1. The highest BCUT2D eigenvalue weighted by atomic mass is 16.2. The first-order valence-corrected chi connectivity index (χ1v) is 5.59. The lowest BCUT2D eigenvalue weighted by atomic mass is 10.2. The van der Waals surface area contributed by atoms with Gasteiger partial charge in [0.1, 0.15) is 0 Å². The van der Waals surface area contributed by atoms with Gasteiger partial charge >= 0.3 is 0 Å². The van der Waals surface area contributed by atoms with E-state index in [2.05, 4.69) is 22.1 Å². The summed E-state index contributed by atoms with van der Waals surface area (Å²) in [6.45, 7) is 10.1. The maximum Gasteiger partial charge on any atom is 0.237 e. The second-order valence-electron chi connectivity index (χ2n) is 3.83. The van der Waals surface area contributed by atoms with Crippen LogP contribution in [0.1, 0.15) is 13.3 Å². The van der Waals surface area contributed by atoms with Crippen molar-refractivity contribution in [3.63, 3.8) is 0 Å². The van der Waals surface area contributed by atoms with Crippen LogP contribution in [0.15, 0.2) is 12.7 Å². The zero-order chi connectivity index (χ0) is 11.1. The summed E-state index contributed by atoms with van der Waals surface area (Å²) in [4.78, 5) is 13.9. The number of piperazine rings is 1. The zero-order valence-corrected chi connectivity index (χ0v) is 9.46. The van der Waals surface area contributed by atoms with Crippen LogP contribution < -0.4 is 10.6 Å². The smallest absolute Gasteiger partial charge is 0.237 e. The van der Waals surface area contributed by atoms with Gasteiger partial charge in [-0.3, -0.25) is 9.69 Å². The Morgan fingerprint density at radius 2 is 2.27 bits per heavy atom. The molecular weight excluding hydrogens is 190 g/mol. The molecule has 1 fully saturated rings. The Balaban J connectivity index is 2.27. The minimum absolute atomic E-state index is 0.0167. The van der Waals surface area contributed by atoms with E-state index in [-0.39, 0.29) is 11.9 Å². The molecule has 1 aliphatic heterocycles. The number of hydrogen-bond donors (Lipinski definition) is 2. The predicted octanol–water partition coefficient (Wildman–Crippen LogP) is -0.0276. The van der Waals surface area contributed by atoms with Gasteiger partial charge in [-0.2, -0.15) is 0 Å². The van der Waals surface area contributed by atoms with Crippen LogP contribution in [0.2, 0.25) is 0 Å². The second-order valence-corrected chi connectivity index (χ2v) is 3.83. The molecule has 1 amide bonds. The molecule has 1 saturated heterocycles. The quantitative estimate of drug-likeness (QED) is 0.496. The highest BCUT2D eigenvalue weighted by Crippen LogP contribution is 2.00.